The number of urea groups is 1. The lowest BCUT2D eigenvalue weighted by atomic mass is 10.0. The Morgan fingerprint density at radius 3 is 2.37 bits per heavy atom. The third-order valence-electron chi connectivity index (χ3n) is 7.51. The highest BCUT2D eigenvalue weighted by Gasteiger charge is 2.39. The molecule has 10 heteroatoms. The van der Waals surface area contributed by atoms with Crippen LogP contribution >= 0.6 is 0 Å². The zero-order chi connectivity index (χ0) is 30.8. The van der Waals surface area contributed by atoms with E-state index in [9.17, 15) is 23.9 Å². The number of ether oxygens (including phenoxy) is 1. The van der Waals surface area contributed by atoms with E-state index in [-0.39, 0.29) is 36.5 Å². The lowest BCUT2D eigenvalue weighted by Gasteiger charge is -2.34. The highest BCUT2D eigenvalue weighted by molar-refractivity contribution is 5.95. The predicted octanol–water partition coefficient (Wildman–Crippen LogP) is 4.53. The Morgan fingerprint density at radius 2 is 1.72 bits per heavy atom. The molecule has 0 aliphatic carbocycles. The van der Waals surface area contributed by atoms with E-state index in [0.717, 1.165) is 24.1 Å². The quantitative estimate of drug-likeness (QED) is 0.141. The van der Waals surface area contributed by atoms with Crippen LogP contribution in [0.4, 0.5) is 14.9 Å². The normalized spacial score (nSPS) is 18.3. The average molecular weight is 590 g/mol. The molecular weight excluding hydrogens is 551 g/mol. The zero-order valence-electron chi connectivity index (χ0n) is 24.2. The lowest BCUT2D eigenvalue weighted by molar-refractivity contribution is -0.924. The number of amides is 3. The number of likely N-dealkylation sites (tertiary alicyclic amines) is 1. The lowest BCUT2D eigenvalue weighted by Crippen LogP contribution is -2.53. The van der Waals surface area contributed by atoms with Crippen molar-refractivity contribution in [3.05, 3.63) is 108 Å². The maximum atomic E-state index is 13.6. The van der Waals surface area contributed by atoms with Gasteiger partial charge in [-0.2, -0.15) is 0 Å². The number of nitrogens with zero attached hydrogens (tertiary/aromatic N) is 1. The summed E-state index contributed by atoms with van der Waals surface area (Å²) in [5.41, 5.74) is 2.57. The van der Waals surface area contributed by atoms with Crippen molar-refractivity contribution in [1.29, 1.82) is 0 Å². The number of halogens is 1. The first-order chi connectivity index (χ1) is 20.7. The number of benzene rings is 3. The molecular formula is C33H38FN4O5+. The number of carbonyl (C=O) groups excluding carboxylic acids is 3. The summed E-state index contributed by atoms with van der Waals surface area (Å²) in [5, 5.41) is 18.3. The second-order valence-corrected chi connectivity index (χ2v) is 10.8. The van der Waals surface area contributed by atoms with Gasteiger partial charge in [0.1, 0.15) is 24.2 Å². The number of rotatable bonds is 12. The van der Waals surface area contributed by atoms with Crippen molar-refractivity contribution in [3.63, 3.8) is 0 Å². The maximum Gasteiger partial charge on any atom is 0.338 e. The van der Waals surface area contributed by atoms with Gasteiger partial charge in [-0.3, -0.25) is 4.79 Å². The van der Waals surface area contributed by atoms with E-state index in [4.69, 9.17) is 4.74 Å². The monoisotopic (exact) mass is 589 g/mol. The van der Waals surface area contributed by atoms with Gasteiger partial charge in [0.25, 0.3) is 0 Å². The van der Waals surface area contributed by atoms with E-state index in [1.165, 1.54) is 24.3 Å². The van der Waals surface area contributed by atoms with Gasteiger partial charge >= 0.3 is 12.0 Å². The molecule has 43 heavy (non-hydrogen) atoms. The van der Waals surface area contributed by atoms with E-state index >= 15 is 0 Å². The summed E-state index contributed by atoms with van der Waals surface area (Å²) in [5.74, 6) is -0.962. The van der Waals surface area contributed by atoms with Gasteiger partial charge in [0.15, 0.2) is 0 Å². The first-order valence-corrected chi connectivity index (χ1v) is 14.3. The van der Waals surface area contributed by atoms with Gasteiger partial charge in [0, 0.05) is 24.1 Å². The van der Waals surface area contributed by atoms with Crippen molar-refractivity contribution >= 4 is 23.6 Å². The molecule has 4 N–H and O–H groups in total. The fourth-order valence-electron chi connectivity index (χ4n) is 5.43. The topological polar surface area (TPSA) is 117 Å². The number of esters is 1. The Kier molecular flexibility index (Phi) is 10.5. The molecule has 1 aliphatic rings. The van der Waals surface area contributed by atoms with Crippen LogP contribution in [-0.4, -0.2) is 65.8 Å². The third-order valence-corrected chi connectivity index (χ3v) is 7.51. The number of hydrogen-bond acceptors (Lipinski definition) is 5. The number of nitrogens with one attached hydrogen (secondary N) is 3. The Balaban J connectivity index is 1.43. The minimum atomic E-state index is -0.901. The molecule has 0 saturated carbocycles. The van der Waals surface area contributed by atoms with Gasteiger partial charge in [-0.05, 0) is 67.1 Å². The smallest absolute Gasteiger partial charge is 0.338 e. The molecule has 0 radical (unpaired) electrons. The van der Waals surface area contributed by atoms with Crippen LogP contribution in [-0.2, 0) is 22.5 Å². The van der Waals surface area contributed by atoms with Crippen LogP contribution in [0.5, 0.6) is 5.75 Å². The van der Waals surface area contributed by atoms with Gasteiger partial charge in [-0.15, -0.1) is 0 Å². The van der Waals surface area contributed by atoms with E-state index < -0.39 is 18.0 Å². The Morgan fingerprint density at radius 1 is 1.05 bits per heavy atom. The molecule has 226 valence electrons. The number of aromatic hydroxyl groups is 1. The van der Waals surface area contributed by atoms with Crippen LogP contribution in [0, 0.1) is 5.82 Å². The first-order valence-electron chi connectivity index (χ1n) is 14.3. The molecule has 3 aromatic rings. The summed E-state index contributed by atoms with van der Waals surface area (Å²) < 4.78 is 19.1. The van der Waals surface area contributed by atoms with Crippen LogP contribution in [0.15, 0.2) is 85.5 Å². The number of phenols is 1. The van der Waals surface area contributed by atoms with Crippen molar-refractivity contribution in [2.24, 2.45) is 0 Å². The Bertz CT molecular complexity index is 1410. The molecule has 1 aliphatic heterocycles. The molecule has 0 spiro atoms. The molecule has 4 rings (SSSR count). The number of phenolic OH excluding ortho intramolecular Hbond substituents is 1. The predicted molar refractivity (Wildman–Crippen MR) is 162 cm³/mol. The van der Waals surface area contributed by atoms with Crippen molar-refractivity contribution in [2.45, 2.75) is 38.4 Å². The maximum absolute atomic E-state index is 13.6. The summed E-state index contributed by atoms with van der Waals surface area (Å²) in [7, 11) is 0. The Hall–Kier alpha value is -4.70. The van der Waals surface area contributed by atoms with Crippen LogP contribution in [0.25, 0.3) is 0 Å². The summed E-state index contributed by atoms with van der Waals surface area (Å²) in [6, 6.07) is 17.6. The summed E-state index contributed by atoms with van der Waals surface area (Å²) in [4.78, 5) is 38.5. The van der Waals surface area contributed by atoms with Crippen LogP contribution in [0.1, 0.15) is 34.8 Å². The largest absolute Gasteiger partial charge is 0.508 e. The molecule has 3 amide bonds. The third kappa shape index (κ3) is 8.89. The highest BCUT2D eigenvalue weighted by Crippen LogP contribution is 2.24. The second kappa shape index (κ2) is 14.5. The van der Waals surface area contributed by atoms with Crippen molar-refractivity contribution in [2.75, 3.05) is 31.6 Å². The average Bonchev–Trinajstić information content (AvgIpc) is 3.37. The van der Waals surface area contributed by atoms with E-state index in [0.29, 0.717) is 35.4 Å². The molecule has 1 heterocycles. The Labute approximate surface area is 251 Å². The molecule has 1 saturated heterocycles. The summed E-state index contributed by atoms with van der Waals surface area (Å²) in [6.07, 6.45) is 2.81. The number of carbonyl (C=O) groups is 3. The first kappa shape index (κ1) is 31.2. The van der Waals surface area contributed by atoms with E-state index in [1.54, 1.807) is 55.5 Å². The number of anilines is 1. The van der Waals surface area contributed by atoms with Crippen LogP contribution in [0.2, 0.25) is 0 Å². The standard InChI is InChI=1S/C33H37FN4O5/c1-3-18-38(21-24-5-11-26(34)12-6-24)19-17-28(22-38)35-31(40)30(20-23-7-15-29(39)16-8-23)37-33(42)36-27-13-9-25(10-14-27)32(41)43-4-2/h3,5-16,28,30H,1,4,17-22H2,2H3,(H3-,35,36,37,39,40,41,42)/p+1/t28-,30-,38?/m0/s1. The van der Waals surface area contributed by atoms with Crippen LogP contribution < -0.4 is 16.0 Å². The fraction of sp³-hybridized carbons (Fsp3) is 0.303. The van der Waals surface area contributed by atoms with Crippen LogP contribution in [0.3, 0.4) is 0 Å². The minimum absolute atomic E-state index is 0.102. The minimum Gasteiger partial charge on any atom is -0.508 e. The molecule has 1 unspecified atom stereocenters. The number of hydrogen-bond donors (Lipinski definition) is 4. The molecule has 3 aromatic carbocycles. The summed E-state index contributed by atoms with van der Waals surface area (Å²) in [6.45, 7) is 8.77. The summed E-state index contributed by atoms with van der Waals surface area (Å²) >= 11 is 0. The van der Waals surface area contributed by atoms with Gasteiger partial charge in [-0.1, -0.05) is 30.8 Å². The van der Waals surface area contributed by atoms with Crippen molar-refractivity contribution < 1.29 is 33.1 Å². The molecule has 9 nitrogen and oxygen atoms in total. The van der Waals surface area contributed by atoms with Gasteiger partial charge in [0.2, 0.25) is 5.91 Å². The SMILES string of the molecule is C=CC[N+]1(Cc2ccc(F)cc2)CC[C@H](NC(=O)[C@H](Cc2ccc(O)cc2)NC(=O)Nc2ccc(C(=O)OCC)cc2)C1. The van der Waals surface area contributed by atoms with Gasteiger partial charge in [-0.25, -0.2) is 14.0 Å². The second-order valence-electron chi connectivity index (χ2n) is 10.8. The molecule has 3 atom stereocenters. The fourth-order valence-corrected chi connectivity index (χ4v) is 5.43. The van der Waals surface area contributed by atoms with E-state index in [2.05, 4.69) is 22.5 Å². The van der Waals surface area contributed by atoms with Crippen molar-refractivity contribution in [3.8, 4) is 5.75 Å². The molecule has 1 fully saturated rings. The van der Waals surface area contributed by atoms with Gasteiger partial charge < -0.3 is 30.3 Å². The number of quaternary nitrogens is 1. The van der Waals surface area contributed by atoms with Gasteiger partial charge in [0.05, 0.1) is 37.8 Å². The molecule has 0 aromatic heterocycles. The van der Waals surface area contributed by atoms with Crippen molar-refractivity contribution in [1.82, 2.24) is 10.6 Å². The zero-order valence-corrected chi connectivity index (χ0v) is 24.2. The van der Waals surface area contributed by atoms with E-state index in [1.807, 2.05) is 6.08 Å². The molecule has 0 bridgehead atoms. The highest BCUT2D eigenvalue weighted by atomic mass is 19.1.